The van der Waals surface area contributed by atoms with Crippen molar-refractivity contribution in [2.45, 2.75) is 32.6 Å². The summed E-state index contributed by atoms with van der Waals surface area (Å²) >= 11 is 0. The van der Waals surface area contributed by atoms with Crippen molar-refractivity contribution < 1.29 is 13.5 Å². The molecular weight excluding hydrogens is 252 g/mol. The van der Waals surface area contributed by atoms with Crippen LogP contribution in [0.4, 0.5) is 0 Å². The number of aliphatic hydroxyl groups is 1. The third-order valence-electron chi connectivity index (χ3n) is 4.22. The van der Waals surface area contributed by atoms with Gasteiger partial charge < -0.3 is 5.11 Å². The summed E-state index contributed by atoms with van der Waals surface area (Å²) < 4.78 is 28.2. The first kappa shape index (κ1) is 14.2. The molecule has 1 N–H and O–H groups in total. The molecule has 0 aromatic carbocycles. The van der Waals surface area contributed by atoms with Crippen LogP contribution in [0.2, 0.25) is 0 Å². The van der Waals surface area contributed by atoms with Gasteiger partial charge in [0.1, 0.15) is 0 Å². The molecule has 0 aromatic rings. The van der Waals surface area contributed by atoms with Crippen LogP contribution in [0.5, 0.6) is 0 Å². The quantitative estimate of drug-likeness (QED) is 0.821. The number of rotatable bonds is 4. The molecule has 2 fully saturated rings. The zero-order valence-electron chi connectivity index (χ0n) is 11.1. The zero-order chi connectivity index (χ0) is 13.2. The number of nitrogens with zero attached hydrogens (tertiary/aromatic N) is 2. The molecule has 0 aliphatic carbocycles. The van der Waals surface area contributed by atoms with Crippen molar-refractivity contribution in [3.8, 4) is 0 Å². The van der Waals surface area contributed by atoms with E-state index in [0.717, 1.165) is 25.7 Å². The Labute approximate surface area is 110 Å². The predicted octanol–water partition coefficient (Wildman–Crippen LogP) is 0.667. The molecule has 2 unspecified atom stereocenters. The number of hydrogen-bond donors (Lipinski definition) is 1. The Balaban J connectivity index is 2.02. The van der Waals surface area contributed by atoms with Crippen LogP contribution in [0.1, 0.15) is 32.6 Å². The average molecular weight is 276 g/mol. The van der Waals surface area contributed by atoms with Crippen LogP contribution in [0.15, 0.2) is 0 Å². The van der Waals surface area contributed by atoms with E-state index >= 15 is 0 Å². The highest BCUT2D eigenvalue weighted by Crippen LogP contribution is 2.26. The molecule has 0 amide bonds. The molecule has 18 heavy (non-hydrogen) atoms. The fourth-order valence-corrected chi connectivity index (χ4v) is 4.71. The third-order valence-corrected chi connectivity index (χ3v) is 6.19. The van der Waals surface area contributed by atoms with Crippen molar-refractivity contribution in [3.05, 3.63) is 0 Å². The molecule has 6 heteroatoms. The highest BCUT2D eigenvalue weighted by molar-refractivity contribution is 7.86. The molecule has 0 saturated carbocycles. The van der Waals surface area contributed by atoms with Gasteiger partial charge in [-0.3, -0.25) is 0 Å². The lowest BCUT2D eigenvalue weighted by atomic mass is 10.0. The largest absolute Gasteiger partial charge is 0.396 e. The van der Waals surface area contributed by atoms with Gasteiger partial charge in [-0.25, -0.2) is 0 Å². The molecule has 106 valence electrons. The van der Waals surface area contributed by atoms with E-state index in [-0.39, 0.29) is 12.5 Å². The number of piperidine rings is 1. The van der Waals surface area contributed by atoms with Gasteiger partial charge in [0.15, 0.2) is 0 Å². The molecule has 0 bridgehead atoms. The summed E-state index contributed by atoms with van der Waals surface area (Å²) in [5.41, 5.74) is 0. The molecule has 2 aliphatic heterocycles. The topological polar surface area (TPSA) is 60.9 Å². The predicted molar refractivity (Wildman–Crippen MR) is 70.3 cm³/mol. The first-order chi connectivity index (χ1) is 8.57. The summed E-state index contributed by atoms with van der Waals surface area (Å²) in [4.78, 5) is 0. The van der Waals surface area contributed by atoms with Gasteiger partial charge in [0.2, 0.25) is 0 Å². The second-order valence-electron chi connectivity index (χ2n) is 5.48. The van der Waals surface area contributed by atoms with Gasteiger partial charge in [0, 0.05) is 32.8 Å². The second-order valence-corrected chi connectivity index (χ2v) is 7.41. The van der Waals surface area contributed by atoms with E-state index in [1.54, 1.807) is 8.61 Å². The van der Waals surface area contributed by atoms with Crippen LogP contribution in [0.25, 0.3) is 0 Å². The van der Waals surface area contributed by atoms with E-state index in [2.05, 4.69) is 6.92 Å². The summed E-state index contributed by atoms with van der Waals surface area (Å²) in [5, 5.41) is 9.18. The van der Waals surface area contributed by atoms with Gasteiger partial charge in [-0.15, -0.1) is 0 Å². The Bertz CT molecular complexity index is 372. The van der Waals surface area contributed by atoms with Crippen LogP contribution >= 0.6 is 0 Å². The SMILES string of the molecule is CCC1CCN(S(=O)(=O)N2CCCC(CO)C2)C1. The molecule has 2 rings (SSSR count). The normalized spacial score (nSPS) is 31.9. The average Bonchev–Trinajstić information content (AvgIpc) is 2.88. The van der Waals surface area contributed by atoms with Gasteiger partial charge in [-0.2, -0.15) is 17.0 Å². The standard InChI is InChI=1S/C12H24N2O3S/c1-2-11-5-7-14(8-11)18(16,17)13-6-3-4-12(9-13)10-15/h11-12,15H,2-10H2,1H3. The van der Waals surface area contributed by atoms with E-state index in [1.807, 2.05) is 0 Å². The van der Waals surface area contributed by atoms with Crippen molar-refractivity contribution in [2.75, 3.05) is 32.8 Å². The van der Waals surface area contributed by atoms with E-state index in [1.165, 1.54) is 0 Å². The Morgan fingerprint density at radius 1 is 1.11 bits per heavy atom. The molecule has 0 spiro atoms. The first-order valence-corrected chi connectivity index (χ1v) is 8.33. The second kappa shape index (κ2) is 5.86. The Morgan fingerprint density at radius 2 is 1.78 bits per heavy atom. The fourth-order valence-electron chi connectivity index (χ4n) is 2.89. The molecule has 0 aromatic heterocycles. The Kier molecular flexibility index (Phi) is 4.64. The molecule has 0 radical (unpaired) electrons. The maximum atomic E-state index is 12.5. The molecule has 5 nitrogen and oxygen atoms in total. The van der Waals surface area contributed by atoms with Crippen LogP contribution < -0.4 is 0 Å². The van der Waals surface area contributed by atoms with Crippen LogP contribution in [0.3, 0.4) is 0 Å². The minimum atomic E-state index is -3.29. The summed E-state index contributed by atoms with van der Waals surface area (Å²) in [6.07, 6.45) is 3.81. The molecule has 2 atom stereocenters. The van der Waals surface area contributed by atoms with Crippen LogP contribution in [-0.4, -0.2) is 54.9 Å². The third kappa shape index (κ3) is 2.87. The smallest absolute Gasteiger partial charge is 0.281 e. The Morgan fingerprint density at radius 3 is 2.39 bits per heavy atom. The minimum Gasteiger partial charge on any atom is -0.396 e. The molecule has 2 heterocycles. The lowest BCUT2D eigenvalue weighted by Crippen LogP contribution is -2.47. The lowest BCUT2D eigenvalue weighted by molar-refractivity contribution is 0.161. The van der Waals surface area contributed by atoms with Gasteiger partial charge in [0.05, 0.1) is 0 Å². The minimum absolute atomic E-state index is 0.0869. The van der Waals surface area contributed by atoms with Gasteiger partial charge >= 0.3 is 0 Å². The summed E-state index contributed by atoms with van der Waals surface area (Å²) in [5.74, 6) is 0.622. The molecular formula is C12H24N2O3S. The van der Waals surface area contributed by atoms with Crippen LogP contribution in [-0.2, 0) is 10.2 Å². The van der Waals surface area contributed by atoms with Crippen molar-refractivity contribution in [1.29, 1.82) is 0 Å². The maximum absolute atomic E-state index is 12.5. The summed E-state index contributed by atoms with van der Waals surface area (Å²) in [6.45, 7) is 4.60. The van der Waals surface area contributed by atoms with E-state index in [0.29, 0.717) is 32.1 Å². The van der Waals surface area contributed by atoms with E-state index < -0.39 is 10.2 Å². The first-order valence-electron chi connectivity index (χ1n) is 6.94. The monoisotopic (exact) mass is 276 g/mol. The van der Waals surface area contributed by atoms with E-state index in [4.69, 9.17) is 0 Å². The maximum Gasteiger partial charge on any atom is 0.281 e. The number of aliphatic hydroxyl groups excluding tert-OH is 1. The zero-order valence-corrected chi connectivity index (χ0v) is 11.9. The highest BCUT2D eigenvalue weighted by Gasteiger charge is 2.36. The van der Waals surface area contributed by atoms with Crippen LogP contribution in [0, 0.1) is 11.8 Å². The fraction of sp³-hybridized carbons (Fsp3) is 1.00. The van der Waals surface area contributed by atoms with Gasteiger partial charge in [-0.1, -0.05) is 13.3 Å². The van der Waals surface area contributed by atoms with Crippen molar-refractivity contribution in [1.82, 2.24) is 8.61 Å². The summed E-state index contributed by atoms with van der Waals surface area (Å²) in [6, 6.07) is 0. The summed E-state index contributed by atoms with van der Waals surface area (Å²) in [7, 11) is -3.29. The van der Waals surface area contributed by atoms with Crippen molar-refractivity contribution in [3.63, 3.8) is 0 Å². The molecule has 2 saturated heterocycles. The van der Waals surface area contributed by atoms with E-state index in [9.17, 15) is 13.5 Å². The van der Waals surface area contributed by atoms with Gasteiger partial charge in [-0.05, 0) is 31.1 Å². The highest BCUT2D eigenvalue weighted by atomic mass is 32.2. The van der Waals surface area contributed by atoms with Gasteiger partial charge in [0.25, 0.3) is 10.2 Å². The number of hydrogen-bond acceptors (Lipinski definition) is 3. The van der Waals surface area contributed by atoms with Crippen molar-refractivity contribution in [2.24, 2.45) is 11.8 Å². The molecule has 2 aliphatic rings. The lowest BCUT2D eigenvalue weighted by Gasteiger charge is -2.33. The Hall–Kier alpha value is -0.170. The van der Waals surface area contributed by atoms with Crippen molar-refractivity contribution >= 4 is 10.2 Å².